The molecular weight excluding hydrogens is 186 g/mol. The van der Waals surface area contributed by atoms with Gasteiger partial charge in [0, 0.05) is 12.7 Å². The van der Waals surface area contributed by atoms with Gasteiger partial charge in [0.25, 0.3) is 0 Å². The summed E-state index contributed by atoms with van der Waals surface area (Å²) in [7, 11) is 0. The number of aromatic nitrogens is 1. The van der Waals surface area contributed by atoms with E-state index in [1.165, 1.54) is 19.3 Å². The van der Waals surface area contributed by atoms with Crippen LogP contribution in [0.3, 0.4) is 0 Å². The lowest BCUT2D eigenvalue weighted by molar-refractivity contribution is 0.180. The highest BCUT2D eigenvalue weighted by molar-refractivity contribution is 5.61. The molecule has 2 rings (SSSR count). The number of pyridine rings is 1. The van der Waals surface area contributed by atoms with Crippen LogP contribution >= 0.6 is 0 Å². The Kier molecular flexibility index (Phi) is 2.55. The van der Waals surface area contributed by atoms with Gasteiger partial charge in [-0.25, -0.2) is 4.98 Å². The monoisotopic (exact) mass is 205 g/mol. The Labute approximate surface area is 91.1 Å². The first-order valence-corrected chi connectivity index (χ1v) is 5.55. The Balaban J connectivity index is 1.98. The van der Waals surface area contributed by atoms with Crippen LogP contribution in [0.25, 0.3) is 0 Å². The lowest BCUT2D eigenvalue weighted by atomic mass is 9.70. The molecule has 1 saturated carbocycles. The van der Waals surface area contributed by atoms with Crippen molar-refractivity contribution >= 4 is 11.5 Å². The molecule has 1 aromatic heterocycles. The molecule has 1 aliphatic carbocycles. The molecule has 0 saturated heterocycles. The Hall–Kier alpha value is -1.25. The van der Waals surface area contributed by atoms with Crippen molar-refractivity contribution in [2.75, 3.05) is 17.6 Å². The van der Waals surface area contributed by atoms with E-state index >= 15 is 0 Å². The largest absolute Gasteiger partial charge is 0.396 e. The number of hydrogen-bond acceptors (Lipinski definition) is 3. The highest BCUT2D eigenvalue weighted by Crippen LogP contribution is 2.40. The highest BCUT2D eigenvalue weighted by Gasteiger charge is 2.31. The number of nitrogens with one attached hydrogen (secondary N) is 1. The van der Waals surface area contributed by atoms with Gasteiger partial charge in [0.2, 0.25) is 0 Å². The van der Waals surface area contributed by atoms with Crippen LogP contribution in [0.5, 0.6) is 0 Å². The van der Waals surface area contributed by atoms with Crippen LogP contribution in [0.4, 0.5) is 11.5 Å². The van der Waals surface area contributed by atoms with E-state index in [-0.39, 0.29) is 0 Å². The fourth-order valence-corrected chi connectivity index (χ4v) is 1.99. The summed E-state index contributed by atoms with van der Waals surface area (Å²) in [5.41, 5.74) is 8.20. The van der Waals surface area contributed by atoms with Crippen molar-refractivity contribution in [3.63, 3.8) is 0 Å². The van der Waals surface area contributed by atoms with Crippen molar-refractivity contribution in [1.29, 1.82) is 0 Å². The Bertz CT molecular complexity index is 356. The van der Waals surface area contributed by atoms with Crippen LogP contribution in [0.15, 0.2) is 12.3 Å². The first-order chi connectivity index (χ1) is 7.09. The zero-order valence-corrected chi connectivity index (χ0v) is 9.51. The lowest BCUT2D eigenvalue weighted by Crippen LogP contribution is -2.33. The Morgan fingerprint density at radius 3 is 2.80 bits per heavy atom. The minimum atomic E-state index is 0.457. The van der Waals surface area contributed by atoms with Gasteiger partial charge >= 0.3 is 0 Å². The molecule has 0 amide bonds. The van der Waals surface area contributed by atoms with E-state index in [1.54, 1.807) is 0 Å². The van der Waals surface area contributed by atoms with Crippen LogP contribution in [0.2, 0.25) is 0 Å². The quantitative estimate of drug-likeness (QED) is 0.797. The van der Waals surface area contributed by atoms with E-state index in [0.29, 0.717) is 5.41 Å². The molecule has 3 nitrogen and oxygen atoms in total. The van der Waals surface area contributed by atoms with Crippen LogP contribution in [-0.2, 0) is 0 Å². The maximum Gasteiger partial charge on any atom is 0.149 e. The zero-order valence-electron chi connectivity index (χ0n) is 9.51. The molecule has 0 radical (unpaired) electrons. The van der Waals surface area contributed by atoms with E-state index in [2.05, 4.69) is 17.2 Å². The van der Waals surface area contributed by atoms with E-state index in [9.17, 15) is 0 Å². The summed E-state index contributed by atoms with van der Waals surface area (Å²) in [6.45, 7) is 5.29. The molecule has 1 aliphatic rings. The summed E-state index contributed by atoms with van der Waals surface area (Å²) in [4.78, 5) is 4.30. The molecule has 0 aliphatic heterocycles. The van der Waals surface area contributed by atoms with Gasteiger partial charge in [-0.1, -0.05) is 13.3 Å². The smallest absolute Gasteiger partial charge is 0.149 e. The fourth-order valence-electron chi connectivity index (χ4n) is 1.99. The highest BCUT2D eigenvalue weighted by atomic mass is 15.0. The van der Waals surface area contributed by atoms with Crippen LogP contribution in [0.1, 0.15) is 31.7 Å². The fraction of sp³-hybridized carbons (Fsp3) is 0.583. The maximum absolute atomic E-state index is 5.89. The molecule has 0 unspecified atom stereocenters. The zero-order chi connectivity index (χ0) is 10.9. The average molecular weight is 205 g/mol. The molecular formula is C12H19N3. The number of nitrogen functional groups attached to an aromatic ring is 1. The summed E-state index contributed by atoms with van der Waals surface area (Å²) in [5, 5.41) is 3.35. The first kappa shape index (κ1) is 10.3. The molecule has 1 aromatic rings. The molecule has 0 aromatic carbocycles. The number of nitrogens with two attached hydrogens (primary N) is 1. The summed E-state index contributed by atoms with van der Waals surface area (Å²) in [6.07, 6.45) is 5.83. The molecule has 82 valence electrons. The second-order valence-electron chi connectivity index (χ2n) is 4.97. The van der Waals surface area contributed by atoms with Gasteiger partial charge in [0.1, 0.15) is 5.82 Å². The third-order valence-corrected chi connectivity index (χ3v) is 3.30. The number of nitrogens with zero attached hydrogens (tertiary/aromatic N) is 1. The number of aryl methyl sites for hydroxylation is 1. The van der Waals surface area contributed by atoms with Crippen LogP contribution in [-0.4, -0.2) is 11.5 Å². The molecule has 0 spiro atoms. The molecule has 15 heavy (non-hydrogen) atoms. The standard InChI is InChI=1S/C12H19N3/c1-9-6-10(13)11(14-7-9)15-8-12(2)4-3-5-12/h6-7H,3-5,8,13H2,1-2H3,(H,14,15). The van der Waals surface area contributed by atoms with Crippen molar-refractivity contribution in [3.8, 4) is 0 Å². The first-order valence-electron chi connectivity index (χ1n) is 5.55. The third-order valence-electron chi connectivity index (χ3n) is 3.30. The summed E-state index contributed by atoms with van der Waals surface area (Å²) < 4.78 is 0. The van der Waals surface area contributed by atoms with Crippen molar-refractivity contribution in [3.05, 3.63) is 17.8 Å². The van der Waals surface area contributed by atoms with Crippen LogP contribution in [0, 0.1) is 12.3 Å². The van der Waals surface area contributed by atoms with Gasteiger partial charge < -0.3 is 11.1 Å². The summed E-state index contributed by atoms with van der Waals surface area (Å²) >= 11 is 0. The Morgan fingerprint density at radius 2 is 2.27 bits per heavy atom. The number of hydrogen-bond donors (Lipinski definition) is 2. The molecule has 1 heterocycles. The van der Waals surface area contributed by atoms with Gasteiger partial charge in [-0.05, 0) is 36.8 Å². The van der Waals surface area contributed by atoms with Gasteiger partial charge in [-0.2, -0.15) is 0 Å². The molecule has 0 bridgehead atoms. The second kappa shape index (κ2) is 3.72. The van der Waals surface area contributed by atoms with Gasteiger partial charge in [0.05, 0.1) is 5.69 Å². The number of rotatable bonds is 3. The molecule has 3 heteroatoms. The third kappa shape index (κ3) is 2.22. The van der Waals surface area contributed by atoms with Crippen molar-refractivity contribution in [2.24, 2.45) is 5.41 Å². The Morgan fingerprint density at radius 1 is 1.53 bits per heavy atom. The SMILES string of the molecule is Cc1cnc(NCC2(C)CCC2)c(N)c1. The lowest BCUT2D eigenvalue weighted by Gasteiger charge is -2.38. The minimum absolute atomic E-state index is 0.457. The summed E-state index contributed by atoms with van der Waals surface area (Å²) in [5.74, 6) is 0.828. The molecule has 1 fully saturated rings. The summed E-state index contributed by atoms with van der Waals surface area (Å²) in [6, 6.07) is 1.96. The van der Waals surface area contributed by atoms with Gasteiger partial charge in [0.15, 0.2) is 0 Å². The van der Waals surface area contributed by atoms with Crippen molar-refractivity contribution in [1.82, 2.24) is 4.98 Å². The van der Waals surface area contributed by atoms with Crippen molar-refractivity contribution in [2.45, 2.75) is 33.1 Å². The maximum atomic E-state index is 5.89. The second-order valence-corrected chi connectivity index (χ2v) is 4.97. The average Bonchev–Trinajstić information content (AvgIpc) is 2.14. The topological polar surface area (TPSA) is 50.9 Å². The minimum Gasteiger partial charge on any atom is -0.396 e. The van der Waals surface area contributed by atoms with E-state index in [4.69, 9.17) is 5.73 Å². The number of anilines is 2. The van der Waals surface area contributed by atoms with E-state index < -0.39 is 0 Å². The van der Waals surface area contributed by atoms with E-state index in [0.717, 1.165) is 23.6 Å². The van der Waals surface area contributed by atoms with Gasteiger partial charge in [-0.3, -0.25) is 0 Å². The van der Waals surface area contributed by atoms with Crippen LogP contribution < -0.4 is 11.1 Å². The normalized spacial score (nSPS) is 18.3. The van der Waals surface area contributed by atoms with Gasteiger partial charge in [-0.15, -0.1) is 0 Å². The predicted molar refractivity (Wildman–Crippen MR) is 63.8 cm³/mol. The van der Waals surface area contributed by atoms with Crippen molar-refractivity contribution < 1.29 is 0 Å². The van der Waals surface area contributed by atoms with E-state index in [1.807, 2.05) is 19.2 Å². The predicted octanol–water partition coefficient (Wildman–Crippen LogP) is 2.57. The molecule has 3 N–H and O–H groups in total. The molecule has 0 atom stereocenters.